The monoisotopic (exact) mass is 411 g/mol. The van der Waals surface area contributed by atoms with Crippen LogP contribution in [0.15, 0.2) is 30.5 Å². The van der Waals surface area contributed by atoms with E-state index in [-0.39, 0.29) is 6.03 Å². The van der Waals surface area contributed by atoms with Gasteiger partial charge in [-0.1, -0.05) is 13.3 Å². The predicted octanol–water partition coefficient (Wildman–Crippen LogP) is 3.08. The number of rotatable bonds is 6. The molecule has 1 fully saturated rings. The van der Waals surface area contributed by atoms with Crippen LogP contribution < -0.4 is 15.0 Å². The molecule has 0 bridgehead atoms. The van der Waals surface area contributed by atoms with Crippen LogP contribution in [0.3, 0.4) is 0 Å². The molecule has 1 saturated heterocycles. The average Bonchev–Trinajstić information content (AvgIpc) is 2.80. The molecule has 2 aliphatic rings. The van der Waals surface area contributed by atoms with E-state index in [4.69, 9.17) is 14.5 Å². The highest BCUT2D eigenvalue weighted by molar-refractivity contribution is 5.89. The van der Waals surface area contributed by atoms with Gasteiger partial charge in [0.25, 0.3) is 0 Å². The minimum atomic E-state index is -0.119. The fourth-order valence-electron chi connectivity index (χ4n) is 3.55. The second kappa shape index (κ2) is 9.75. The number of benzene rings is 1. The Morgan fingerprint density at radius 1 is 1.20 bits per heavy atom. The number of anilines is 2. The fourth-order valence-corrected chi connectivity index (χ4v) is 3.55. The van der Waals surface area contributed by atoms with Crippen molar-refractivity contribution in [1.82, 2.24) is 14.9 Å². The van der Waals surface area contributed by atoms with E-state index in [1.54, 1.807) is 4.90 Å². The lowest BCUT2D eigenvalue weighted by Gasteiger charge is -2.30. The first-order valence-electron chi connectivity index (χ1n) is 10.7. The highest BCUT2D eigenvalue weighted by atomic mass is 16.5. The van der Waals surface area contributed by atoms with Gasteiger partial charge in [-0.05, 0) is 42.7 Å². The van der Waals surface area contributed by atoms with Gasteiger partial charge in [0.05, 0.1) is 32.1 Å². The second-order valence-electron chi connectivity index (χ2n) is 7.57. The average molecular weight is 412 g/mol. The maximum Gasteiger partial charge on any atom is 0.322 e. The van der Waals surface area contributed by atoms with Crippen molar-refractivity contribution < 1.29 is 14.3 Å². The summed E-state index contributed by atoms with van der Waals surface area (Å²) in [6, 6.07) is 7.40. The van der Waals surface area contributed by atoms with Gasteiger partial charge in [-0.2, -0.15) is 0 Å². The minimum absolute atomic E-state index is 0.119. The molecule has 3 heterocycles. The van der Waals surface area contributed by atoms with E-state index in [2.05, 4.69) is 22.1 Å². The summed E-state index contributed by atoms with van der Waals surface area (Å²) in [5.74, 6) is 1.54. The highest BCUT2D eigenvalue weighted by Crippen LogP contribution is 2.21. The Bertz CT molecular complexity index is 852. The molecule has 0 aliphatic carbocycles. The molecule has 30 heavy (non-hydrogen) atoms. The van der Waals surface area contributed by atoms with E-state index in [1.807, 2.05) is 30.5 Å². The van der Waals surface area contributed by atoms with E-state index < -0.39 is 0 Å². The van der Waals surface area contributed by atoms with Crippen LogP contribution in [0.4, 0.5) is 16.4 Å². The van der Waals surface area contributed by atoms with E-state index in [1.165, 1.54) is 0 Å². The van der Waals surface area contributed by atoms with Crippen molar-refractivity contribution in [3.63, 3.8) is 0 Å². The molecule has 2 aliphatic heterocycles. The second-order valence-corrected chi connectivity index (χ2v) is 7.57. The van der Waals surface area contributed by atoms with Gasteiger partial charge < -0.3 is 24.6 Å². The summed E-state index contributed by atoms with van der Waals surface area (Å²) in [5.41, 5.74) is 2.79. The number of amides is 2. The molecule has 4 rings (SSSR count). The number of hydrogen-bond donors (Lipinski definition) is 1. The third-order valence-electron chi connectivity index (χ3n) is 5.39. The van der Waals surface area contributed by atoms with Gasteiger partial charge in [-0.15, -0.1) is 0 Å². The van der Waals surface area contributed by atoms with Crippen LogP contribution in [0.25, 0.3) is 0 Å². The Morgan fingerprint density at radius 2 is 2.00 bits per heavy atom. The lowest BCUT2D eigenvalue weighted by molar-refractivity contribution is 0.122. The van der Waals surface area contributed by atoms with Crippen molar-refractivity contribution in [2.24, 2.45) is 0 Å². The van der Waals surface area contributed by atoms with Gasteiger partial charge in [-0.25, -0.2) is 14.8 Å². The number of ether oxygens (including phenoxy) is 2. The maximum atomic E-state index is 12.8. The summed E-state index contributed by atoms with van der Waals surface area (Å²) in [6.45, 7) is 6.95. The van der Waals surface area contributed by atoms with Crippen molar-refractivity contribution in [3.05, 3.63) is 41.7 Å². The van der Waals surface area contributed by atoms with Crippen LogP contribution in [0.1, 0.15) is 31.0 Å². The van der Waals surface area contributed by atoms with Crippen molar-refractivity contribution in [3.8, 4) is 5.75 Å². The molecule has 8 nitrogen and oxygen atoms in total. The van der Waals surface area contributed by atoms with Crippen LogP contribution in [-0.2, 0) is 17.7 Å². The molecule has 2 aromatic rings. The number of fused-ring (bicyclic) bond motifs is 1. The molecule has 160 valence electrons. The van der Waals surface area contributed by atoms with Gasteiger partial charge in [0.2, 0.25) is 5.95 Å². The Balaban J connectivity index is 1.36. The lowest BCUT2D eigenvalue weighted by atomic mass is 10.1. The number of carbonyl (C=O) groups excluding carboxylic acids is 1. The van der Waals surface area contributed by atoms with Crippen molar-refractivity contribution in [1.29, 1.82) is 0 Å². The summed E-state index contributed by atoms with van der Waals surface area (Å²) < 4.78 is 11.1. The third-order valence-corrected chi connectivity index (χ3v) is 5.39. The van der Waals surface area contributed by atoms with Crippen LogP contribution in [0, 0.1) is 0 Å². The molecule has 0 unspecified atom stereocenters. The molecule has 0 atom stereocenters. The molecule has 8 heteroatoms. The number of nitrogens with zero attached hydrogens (tertiary/aromatic N) is 4. The third kappa shape index (κ3) is 4.99. The zero-order valence-electron chi connectivity index (χ0n) is 17.5. The molecule has 0 radical (unpaired) electrons. The summed E-state index contributed by atoms with van der Waals surface area (Å²) in [7, 11) is 0. The van der Waals surface area contributed by atoms with Gasteiger partial charge >= 0.3 is 6.03 Å². The predicted molar refractivity (Wildman–Crippen MR) is 115 cm³/mol. The Hall–Kier alpha value is -2.87. The first-order valence-corrected chi connectivity index (χ1v) is 10.7. The van der Waals surface area contributed by atoms with E-state index in [9.17, 15) is 4.79 Å². The number of carbonyl (C=O) groups is 1. The largest absolute Gasteiger partial charge is 0.494 e. The fraction of sp³-hybridized carbons (Fsp3) is 0.500. The number of morpholine rings is 1. The first-order chi connectivity index (χ1) is 14.7. The molecular formula is C22H29N5O3. The molecule has 2 amide bonds. The number of aromatic nitrogens is 2. The number of unbranched alkanes of at least 4 members (excludes halogenated alkanes) is 1. The Kier molecular flexibility index (Phi) is 6.63. The molecule has 0 spiro atoms. The Morgan fingerprint density at radius 3 is 2.77 bits per heavy atom. The molecule has 1 aromatic heterocycles. The first kappa shape index (κ1) is 20.4. The molecule has 1 aromatic carbocycles. The van der Waals surface area contributed by atoms with E-state index in [0.29, 0.717) is 32.9 Å². The van der Waals surface area contributed by atoms with Crippen LogP contribution in [0.2, 0.25) is 0 Å². The van der Waals surface area contributed by atoms with Gasteiger partial charge in [-0.3, -0.25) is 0 Å². The minimum Gasteiger partial charge on any atom is -0.494 e. The molecule has 1 N–H and O–H groups in total. The lowest BCUT2D eigenvalue weighted by Crippen LogP contribution is -2.40. The van der Waals surface area contributed by atoms with Gasteiger partial charge in [0.1, 0.15) is 5.75 Å². The Labute approximate surface area is 177 Å². The standard InChI is InChI=1S/C22H29N5O3/c1-2-3-12-30-19-6-4-18(5-7-19)24-22(28)27-9-8-17-15-23-21(25-20(17)16-27)26-10-13-29-14-11-26/h4-7,15H,2-3,8-14,16H2,1H3,(H,24,28). The smallest absolute Gasteiger partial charge is 0.322 e. The summed E-state index contributed by atoms with van der Waals surface area (Å²) in [5, 5.41) is 2.98. The summed E-state index contributed by atoms with van der Waals surface area (Å²) in [4.78, 5) is 26.0. The summed E-state index contributed by atoms with van der Waals surface area (Å²) >= 11 is 0. The zero-order valence-corrected chi connectivity index (χ0v) is 17.5. The molecular weight excluding hydrogens is 382 g/mol. The van der Waals surface area contributed by atoms with Gasteiger partial charge in [0, 0.05) is 31.5 Å². The normalized spacial score (nSPS) is 16.2. The van der Waals surface area contributed by atoms with E-state index in [0.717, 1.165) is 61.0 Å². The van der Waals surface area contributed by atoms with Crippen molar-refractivity contribution >= 4 is 17.7 Å². The number of urea groups is 1. The number of hydrogen-bond acceptors (Lipinski definition) is 6. The summed E-state index contributed by atoms with van der Waals surface area (Å²) in [6.07, 6.45) is 4.80. The quantitative estimate of drug-likeness (QED) is 0.736. The van der Waals surface area contributed by atoms with E-state index >= 15 is 0 Å². The number of nitrogens with one attached hydrogen (secondary N) is 1. The van der Waals surface area contributed by atoms with Crippen molar-refractivity contribution in [2.45, 2.75) is 32.7 Å². The van der Waals surface area contributed by atoms with Crippen LogP contribution in [-0.4, -0.2) is 60.4 Å². The maximum absolute atomic E-state index is 12.8. The topological polar surface area (TPSA) is 79.8 Å². The van der Waals surface area contributed by atoms with Crippen LogP contribution >= 0.6 is 0 Å². The van der Waals surface area contributed by atoms with Crippen LogP contribution in [0.5, 0.6) is 5.75 Å². The van der Waals surface area contributed by atoms with Crippen molar-refractivity contribution in [2.75, 3.05) is 49.7 Å². The van der Waals surface area contributed by atoms with Gasteiger partial charge in [0.15, 0.2) is 0 Å². The molecule has 0 saturated carbocycles. The SMILES string of the molecule is CCCCOc1ccc(NC(=O)N2CCc3cnc(N4CCOCC4)nc3C2)cc1. The zero-order chi connectivity index (χ0) is 20.8. The highest BCUT2D eigenvalue weighted by Gasteiger charge is 2.24.